The van der Waals surface area contributed by atoms with E-state index >= 15 is 0 Å². The summed E-state index contributed by atoms with van der Waals surface area (Å²) >= 11 is 0. The number of amides is 1. The molecule has 3 heteroatoms. The molecule has 0 aliphatic rings. The standard InChI is InChI=1S/C17H28N2O/c1-6-17(4,5)16(20)19-11-15(18)14-9-7-13(8-10-14)12(2)3/h7-10,12,15H,6,11,18H2,1-5H3,(H,19,20). The number of nitrogens with one attached hydrogen (secondary N) is 1. The lowest BCUT2D eigenvalue weighted by atomic mass is 9.89. The summed E-state index contributed by atoms with van der Waals surface area (Å²) < 4.78 is 0. The molecule has 0 radical (unpaired) electrons. The summed E-state index contributed by atoms with van der Waals surface area (Å²) in [4.78, 5) is 12.0. The largest absolute Gasteiger partial charge is 0.354 e. The van der Waals surface area contributed by atoms with Gasteiger partial charge in [-0.15, -0.1) is 0 Å². The second-order valence-electron chi connectivity index (χ2n) is 6.38. The fourth-order valence-electron chi connectivity index (χ4n) is 1.85. The van der Waals surface area contributed by atoms with Gasteiger partial charge in [0.15, 0.2) is 0 Å². The first-order chi connectivity index (χ1) is 9.27. The van der Waals surface area contributed by atoms with Crippen LogP contribution in [0.3, 0.4) is 0 Å². The van der Waals surface area contributed by atoms with Crippen LogP contribution in [-0.4, -0.2) is 12.5 Å². The predicted molar refractivity (Wildman–Crippen MR) is 84.5 cm³/mol. The third-order valence-corrected chi connectivity index (χ3v) is 4.01. The molecular weight excluding hydrogens is 248 g/mol. The topological polar surface area (TPSA) is 55.1 Å². The minimum atomic E-state index is -0.332. The van der Waals surface area contributed by atoms with Gasteiger partial charge in [-0.3, -0.25) is 4.79 Å². The van der Waals surface area contributed by atoms with E-state index in [4.69, 9.17) is 5.73 Å². The van der Waals surface area contributed by atoms with E-state index in [1.807, 2.05) is 20.8 Å². The fourth-order valence-corrected chi connectivity index (χ4v) is 1.85. The molecule has 3 nitrogen and oxygen atoms in total. The molecule has 0 aliphatic heterocycles. The van der Waals surface area contributed by atoms with E-state index in [1.165, 1.54) is 5.56 Å². The maximum atomic E-state index is 12.0. The lowest BCUT2D eigenvalue weighted by Crippen LogP contribution is -2.40. The summed E-state index contributed by atoms with van der Waals surface area (Å²) in [6, 6.07) is 8.16. The Hall–Kier alpha value is -1.35. The highest BCUT2D eigenvalue weighted by atomic mass is 16.2. The predicted octanol–water partition coefficient (Wildman–Crippen LogP) is 3.36. The van der Waals surface area contributed by atoms with Crippen LogP contribution < -0.4 is 11.1 Å². The number of carbonyl (C=O) groups is 1. The third kappa shape index (κ3) is 4.34. The van der Waals surface area contributed by atoms with Crippen LogP contribution in [0, 0.1) is 5.41 Å². The molecule has 1 atom stereocenters. The Kier molecular flexibility index (Phi) is 5.75. The van der Waals surface area contributed by atoms with Crippen LogP contribution in [0.5, 0.6) is 0 Å². The monoisotopic (exact) mass is 276 g/mol. The summed E-state index contributed by atoms with van der Waals surface area (Å²) in [7, 11) is 0. The Morgan fingerprint density at radius 3 is 2.15 bits per heavy atom. The van der Waals surface area contributed by atoms with Gasteiger partial charge in [0.25, 0.3) is 0 Å². The normalized spacial score (nSPS) is 13.3. The molecule has 20 heavy (non-hydrogen) atoms. The van der Waals surface area contributed by atoms with Gasteiger partial charge in [-0.2, -0.15) is 0 Å². The number of carbonyl (C=O) groups excluding carboxylic acids is 1. The second kappa shape index (κ2) is 6.89. The van der Waals surface area contributed by atoms with E-state index in [2.05, 4.69) is 43.4 Å². The van der Waals surface area contributed by atoms with Gasteiger partial charge in [0.1, 0.15) is 0 Å². The van der Waals surface area contributed by atoms with E-state index in [0.29, 0.717) is 12.5 Å². The Balaban J connectivity index is 2.59. The van der Waals surface area contributed by atoms with Crippen molar-refractivity contribution >= 4 is 5.91 Å². The lowest BCUT2D eigenvalue weighted by Gasteiger charge is -2.23. The Bertz CT molecular complexity index is 435. The molecule has 1 aromatic rings. The molecule has 112 valence electrons. The van der Waals surface area contributed by atoms with Crippen LogP contribution in [0.1, 0.15) is 64.1 Å². The third-order valence-electron chi connectivity index (χ3n) is 4.01. The van der Waals surface area contributed by atoms with Crippen LogP contribution >= 0.6 is 0 Å². The first-order valence-electron chi connectivity index (χ1n) is 7.41. The van der Waals surface area contributed by atoms with E-state index in [1.54, 1.807) is 0 Å². The molecule has 0 bridgehead atoms. The molecule has 1 aromatic carbocycles. The van der Waals surface area contributed by atoms with Gasteiger partial charge in [0, 0.05) is 18.0 Å². The number of benzene rings is 1. The van der Waals surface area contributed by atoms with Crippen LogP contribution in [-0.2, 0) is 4.79 Å². The first kappa shape index (κ1) is 16.7. The summed E-state index contributed by atoms with van der Waals surface area (Å²) in [5.41, 5.74) is 8.17. The zero-order valence-electron chi connectivity index (χ0n) is 13.4. The van der Waals surface area contributed by atoms with Gasteiger partial charge >= 0.3 is 0 Å². The zero-order chi connectivity index (χ0) is 15.3. The van der Waals surface area contributed by atoms with Crippen molar-refractivity contribution in [2.45, 2.75) is 53.0 Å². The molecule has 1 amide bonds. The molecule has 1 rings (SSSR count). The van der Waals surface area contributed by atoms with E-state index in [9.17, 15) is 4.79 Å². The summed E-state index contributed by atoms with van der Waals surface area (Å²) in [5, 5.41) is 2.95. The van der Waals surface area contributed by atoms with Crippen molar-refractivity contribution in [2.24, 2.45) is 11.1 Å². The van der Waals surface area contributed by atoms with Crippen molar-refractivity contribution in [2.75, 3.05) is 6.54 Å². The van der Waals surface area contributed by atoms with Crippen molar-refractivity contribution in [1.82, 2.24) is 5.32 Å². The number of nitrogens with two attached hydrogens (primary N) is 1. The molecule has 0 aliphatic carbocycles. The summed E-state index contributed by atoms with van der Waals surface area (Å²) in [6.45, 7) is 10.7. The quantitative estimate of drug-likeness (QED) is 0.837. The molecule has 1 unspecified atom stereocenters. The fraction of sp³-hybridized carbons (Fsp3) is 0.588. The maximum absolute atomic E-state index is 12.0. The smallest absolute Gasteiger partial charge is 0.225 e. The average molecular weight is 276 g/mol. The maximum Gasteiger partial charge on any atom is 0.225 e. The molecule has 0 aromatic heterocycles. The van der Waals surface area contributed by atoms with Gasteiger partial charge in [0.2, 0.25) is 5.91 Å². The van der Waals surface area contributed by atoms with Crippen LogP contribution in [0.15, 0.2) is 24.3 Å². The molecule has 0 saturated heterocycles. The van der Waals surface area contributed by atoms with Gasteiger partial charge in [-0.25, -0.2) is 0 Å². The van der Waals surface area contributed by atoms with E-state index in [-0.39, 0.29) is 17.4 Å². The Labute approximate surface area is 122 Å². The Morgan fingerprint density at radius 1 is 1.20 bits per heavy atom. The molecule has 0 fully saturated rings. The number of hydrogen-bond donors (Lipinski definition) is 2. The first-order valence-corrected chi connectivity index (χ1v) is 7.41. The van der Waals surface area contributed by atoms with Crippen LogP contribution in [0.4, 0.5) is 0 Å². The van der Waals surface area contributed by atoms with Crippen LogP contribution in [0.25, 0.3) is 0 Å². The SMILES string of the molecule is CCC(C)(C)C(=O)NCC(N)c1ccc(C(C)C)cc1. The van der Waals surface area contributed by atoms with Gasteiger partial charge < -0.3 is 11.1 Å². The minimum Gasteiger partial charge on any atom is -0.354 e. The Morgan fingerprint density at radius 2 is 1.70 bits per heavy atom. The summed E-state index contributed by atoms with van der Waals surface area (Å²) in [5.74, 6) is 0.583. The molecule has 0 saturated carbocycles. The van der Waals surface area contributed by atoms with Gasteiger partial charge in [-0.1, -0.05) is 58.9 Å². The molecule has 0 spiro atoms. The highest BCUT2D eigenvalue weighted by Gasteiger charge is 2.25. The van der Waals surface area contributed by atoms with Crippen molar-refractivity contribution in [1.29, 1.82) is 0 Å². The highest BCUT2D eigenvalue weighted by molar-refractivity contribution is 5.81. The lowest BCUT2D eigenvalue weighted by molar-refractivity contribution is -0.129. The second-order valence-corrected chi connectivity index (χ2v) is 6.38. The van der Waals surface area contributed by atoms with Gasteiger partial charge in [0.05, 0.1) is 0 Å². The van der Waals surface area contributed by atoms with Crippen molar-refractivity contribution in [3.05, 3.63) is 35.4 Å². The van der Waals surface area contributed by atoms with Crippen LogP contribution in [0.2, 0.25) is 0 Å². The number of hydrogen-bond acceptors (Lipinski definition) is 2. The molecule has 3 N–H and O–H groups in total. The molecule has 0 heterocycles. The highest BCUT2D eigenvalue weighted by Crippen LogP contribution is 2.20. The van der Waals surface area contributed by atoms with Crippen molar-refractivity contribution in [3.63, 3.8) is 0 Å². The van der Waals surface area contributed by atoms with E-state index < -0.39 is 0 Å². The van der Waals surface area contributed by atoms with Crippen molar-refractivity contribution < 1.29 is 4.79 Å². The average Bonchev–Trinajstić information content (AvgIpc) is 2.44. The minimum absolute atomic E-state index is 0.0641. The number of rotatable bonds is 6. The zero-order valence-corrected chi connectivity index (χ0v) is 13.4. The molecular formula is C17H28N2O. The summed E-state index contributed by atoms with van der Waals surface area (Å²) in [6.07, 6.45) is 0.817. The van der Waals surface area contributed by atoms with Crippen molar-refractivity contribution in [3.8, 4) is 0 Å². The van der Waals surface area contributed by atoms with E-state index in [0.717, 1.165) is 12.0 Å². The van der Waals surface area contributed by atoms with Gasteiger partial charge in [-0.05, 0) is 23.5 Å².